The van der Waals surface area contributed by atoms with Gasteiger partial charge in [-0.05, 0) is 43.9 Å². The number of hydrogen-bond acceptors (Lipinski definition) is 5. The molecule has 6 nitrogen and oxygen atoms in total. The highest BCUT2D eigenvalue weighted by Crippen LogP contribution is 2.26. The largest absolute Gasteiger partial charge is 0.483 e. The Labute approximate surface area is 178 Å². The summed E-state index contributed by atoms with van der Waals surface area (Å²) in [5.74, 6) is 2.27. The highest BCUT2D eigenvalue weighted by atomic mass is 32.2. The molecule has 2 atom stereocenters. The van der Waals surface area contributed by atoms with E-state index < -0.39 is 0 Å². The van der Waals surface area contributed by atoms with Crippen molar-refractivity contribution in [3.8, 4) is 5.75 Å². The van der Waals surface area contributed by atoms with Crippen LogP contribution in [0.25, 0.3) is 0 Å². The maximum Gasteiger partial charge on any atom is 0.230 e. The van der Waals surface area contributed by atoms with Crippen LogP contribution in [0.5, 0.6) is 5.75 Å². The maximum atomic E-state index is 12.1. The number of aromatic nitrogens is 3. The maximum absolute atomic E-state index is 12.1. The van der Waals surface area contributed by atoms with Gasteiger partial charge in [0.15, 0.2) is 17.1 Å². The van der Waals surface area contributed by atoms with Crippen molar-refractivity contribution in [1.82, 2.24) is 20.1 Å². The van der Waals surface area contributed by atoms with Gasteiger partial charge in [-0.15, -0.1) is 16.8 Å². The SMILES string of the molecule is C=CCn1c(SCC(=O)NC(C)CC)nnc1C(C)Oc1ccc(C(C)C)cc1. The van der Waals surface area contributed by atoms with Crippen molar-refractivity contribution in [2.24, 2.45) is 0 Å². The van der Waals surface area contributed by atoms with E-state index in [0.29, 0.717) is 29.2 Å². The number of hydrogen-bond donors (Lipinski definition) is 1. The van der Waals surface area contributed by atoms with E-state index >= 15 is 0 Å². The van der Waals surface area contributed by atoms with Crippen molar-refractivity contribution in [1.29, 1.82) is 0 Å². The first-order chi connectivity index (χ1) is 13.8. The van der Waals surface area contributed by atoms with Gasteiger partial charge in [0.2, 0.25) is 5.91 Å². The highest BCUT2D eigenvalue weighted by Gasteiger charge is 2.20. The van der Waals surface area contributed by atoms with Gasteiger partial charge < -0.3 is 10.1 Å². The Kier molecular flexibility index (Phi) is 8.76. The van der Waals surface area contributed by atoms with Crippen LogP contribution in [0.15, 0.2) is 42.1 Å². The van der Waals surface area contributed by atoms with Crippen molar-refractivity contribution in [2.45, 2.75) is 70.8 Å². The first kappa shape index (κ1) is 23.0. The summed E-state index contributed by atoms with van der Waals surface area (Å²) in [6.07, 6.45) is 2.41. The van der Waals surface area contributed by atoms with Crippen LogP contribution in [0.3, 0.4) is 0 Å². The molecule has 1 aromatic heterocycles. The van der Waals surface area contributed by atoms with Crippen molar-refractivity contribution < 1.29 is 9.53 Å². The van der Waals surface area contributed by atoms with Crippen molar-refractivity contribution in [3.05, 3.63) is 48.3 Å². The number of carbonyl (C=O) groups excluding carboxylic acids is 1. The third-order valence-corrected chi connectivity index (χ3v) is 5.60. The summed E-state index contributed by atoms with van der Waals surface area (Å²) in [4.78, 5) is 12.1. The molecule has 0 saturated carbocycles. The van der Waals surface area contributed by atoms with Gasteiger partial charge in [-0.3, -0.25) is 9.36 Å². The molecular formula is C22H32N4O2S. The summed E-state index contributed by atoms with van der Waals surface area (Å²) < 4.78 is 8.03. The lowest BCUT2D eigenvalue weighted by atomic mass is 10.0. The number of benzene rings is 1. The number of carbonyl (C=O) groups is 1. The predicted molar refractivity (Wildman–Crippen MR) is 118 cm³/mol. The lowest BCUT2D eigenvalue weighted by Crippen LogP contribution is -2.33. The summed E-state index contributed by atoms with van der Waals surface area (Å²) in [5.41, 5.74) is 1.27. The molecule has 2 rings (SSSR count). The van der Waals surface area contributed by atoms with Gasteiger partial charge in [-0.25, -0.2) is 0 Å². The zero-order valence-electron chi connectivity index (χ0n) is 18.0. The predicted octanol–water partition coefficient (Wildman–Crippen LogP) is 4.73. The highest BCUT2D eigenvalue weighted by molar-refractivity contribution is 7.99. The van der Waals surface area contributed by atoms with Crippen molar-refractivity contribution >= 4 is 17.7 Å². The third-order valence-electron chi connectivity index (χ3n) is 4.63. The van der Waals surface area contributed by atoms with Gasteiger partial charge in [-0.1, -0.05) is 50.7 Å². The Morgan fingerprint density at radius 1 is 1.24 bits per heavy atom. The second kappa shape index (κ2) is 11.0. The summed E-state index contributed by atoms with van der Waals surface area (Å²) >= 11 is 1.37. The fourth-order valence-corrected chi connectivity index (χ4v) is 3.51. The summed E-state index contributed by atoms with van der Waals surface area (Å²) in [6, 6.07) is 8.29. The molecule has 1 heterocycles. The number of thioether (sulfide) groups is 1. The molecule has 0 aliphatic heterocycles. The third kappa shape index (κ3) is 6.63. The molecule has 0 spiro atoms. The first-order valence-electron chi connectivity index (χ1n) is 10.1. The Morgan fingerprint density at radius 3 is 2.52 bits per heavy atom. The lowest BCUT2D eigenvalue weighted by molar-refractivity contribution is -0.119. The average Bonchev–Trinajstić information content (AvgIpc) is 3.09. The second-order valence-electron chi connectivity index (χ2n) is 7.39. The zero-order valence-corrected chi connectivity index (χ0v) is 18.8. The standard InChI is InChI=1S/C22H32N4O2S/c1-7-13-26-21(17(6)28-19-11-9-18(10-12-19)15(3)4)24-25-22(26)29-14-20(27)23-16(5)8-2/h7,9-12,15-17H,1,8,13-14H2,2-6H3,(H,23,27). The van der Waals surface area contributed by atoms with Gasteiger partial charge in [0, 0.05) is 12.6 Å². The molecule has 1 N–H and O–H groups in total. The summed E-state index contributed by atoms with van der Waals surface area (Å²) in [6.45, 7) is 14.7. The molecule has 0 saturated heterocycles. The van der Waals surface area contributed by atoms with Crippen molar-refractivity contribution in [2.75, 3.05) is 5.75 Å². The van der Waals surface area contributed by atoms with Crippen LogP contribution in [-0.4, -0.2) is 32.5 Å². The second-order valence-corrected chi connectivity index (χ2v) is 8.33. The molecule has 0 aliphatic carbocycles. The van der Waals surface area contributed by atoms with Crippen LogP contribution < -0.4 is 10.1 Å². The Balaban J connectivity index is 2.07. The number of allylic oxidation sites excluding steroid dienone is 1. The van der Waals surface area contributed by atoms with Gasteiger partial charge >= 0.3 is 0 Å². The molecular weight excluding hydrogens is 384 g/mol. The van der Waals surface area contributed by atoms with Crippen molar-refractivity contribution in [3.63, 3.8) is 0 Å². The van der Waals surface area contributed by atoms with Crippen LogP contribution in [0.1, 0.15) is 64.4 Å². The normalized spacial score (nSPS) is 13.2. The fraction of sp³-hybridized carbons (Fsp3) is 0.500. The molecule has 2 unspecified atom stereocenters. The van der Waals surface area contributed by atoms with E-state index in [9.17, 15) is 4.79 Å². The molecule has 1 aromatic carbocycles. The smallest absolute Gasteiger partial charge is 0.230 e. The Hall–Kier alpha value is -2.28. The van der Waals surface area contributed by atoms with E-state index in [4.69, 9.17) is 4.74 Å². The average molecular weight is 417 g/mol. The summed E-state index contributed by atoms with van der Waals surface area (Å²) in [5, 5.41) is 12.2. The van der Waals surface area contributed by atoms with E-state index in [1.54, 1.807) is 6.08 Å². The molecule has 1 amide bonds. The first-order valence-corrected chi connectivity index (χ1v) is 11.1. The van der Waals surface area contributed by atoms with E-state index in [0.717, 1.165) is 12.2 Å². The quantitative estimate of drug-likeness (QED) is 0.423. The minimum absolute atomic E-state index is 0.00593. The molecule has 0 fully saturated rings. The van der Waals surface area contributed by atoms with E-state index in [2.05, 4.69) is 48.1 Å². The number of nitrogens with zero attached hydrogens (tertiary/aromatic N) is 3. The Morgan fingerprint density at radius 2 is 1.93 bits per heavy atom. The van der Waals surface area contributed by atoms with Gasteiger partial charge in [0.05, 0.1) is 5.75 Å². The Bertz CT molecular complexity index is 802. The molecule has 0 aliphatic rings. The van der Waals surface area contributed by atoms with E-state index in [1.807, 2.05) is 37.5 Å². The van der Waals surface area contributed by atoms with Crippen LogP contribution in [0.2, 0.25) is 0 Å². The van der Waals surface area contributed by atoms with Crippen LogP contribution >= 0.6 is 11.8 Å². The van der Waals surface area contributed by atoms with Crippen LogP contribution in [0, 0.1) is 0 Å². The fourth-order valence-electron chi connectivity index (χ4n) is 2.75. The van der Waals surface area contributed by atoms with Crippen LogP contribution in [-0.2, 0) is 11.3 Å². The molecule has 0 radical (unpaired) electrons. The zero-order chi connectivity index (χ0) is 21.4. The van der Waals surface area contributed by atoms with Crippen LogP contribution in [0.4, 0.5) is 0 Å². The van der Waals surface area contributed by atoms with Gasteiger partial charge in [-0.2, -0.15) is 0 Å². The topological polar surface area (TPSA) is 69.0 Å². The van der Waals surface area contributed by atoms with E-state index in [1.165, 1.54) is 17.3 Å². The molecule has 0 bridgehead atoms. The monoisotopic (exact) mass is 416 g/mol. The summed E-state index contributed by atoms with van der Waals surface area (Å²) in [7, 11) is 0. The number of rotatable bonds is 11. The molecule has 2 aromatic rings. The molecule has 7 heteroatoms. The number of amides is 1. The van der Waals surface area contributed by atoms with E-state index in [-0.39, 0.29) is 18.1 Å². The minimum atomic E-state index is -0.282. The number of ether oxygens (including phenoxy) is 1. The molecule has 158 valence electrons. The minimum Gasteiger partial charge on any atom is -0.483 e. The number of nitrogens with one attached hydrogen (secondary N) is 1. The van der Waals surface area contributed by atoms with Gasteiger partial charge in [0.1, 0.15) is 5.75 Å². The van der Waals surface area contributed by atoms with Gasteiger partial charge in [0.25, 0.3) is 0 Å². The molecule has 29 heavy (non-hydrogen) atoms. The lowest BCUT2D eigenvalue weighted by Gasteiger charge is -2.16.